The van der Waals surface area contributed by atoms with Gasteiger partial charge >= 0.3 is 0 Å². The third-order valence-corrected chi connectivity index (χ3v) is 8.53. The fourth-order valence-corrected chi connectivity index (χ4v) is 6.72. The number of rotatable bonds is 5. The second-order valence-corrected chi connectivity index (χ2v) is 10.9. The summed E-state index contributed by atoms with van der Waals surface area (Å²) in [5, 5.41) is 32.0. The van der Waals surface area contributed by atoms with Crippen molar-refractivity contribution in [3.8, 4) is 39.9 Å². The first-order valence-corrected chi connectivity index (χ1v) is 13.9. The van der Waals surface area contributed by atoms with Crippen LogP contribution in [0.3, 0.4) is 0 Å². The van der Waals surface area contributed by atoms with Gasteiger partial charge in [-0.1, -0.05) is 12.1 Å². The second kappa shape index (κ2) is 9.78. The van der Waals surface area contributed by atoms with Crippen LogP contribution in [0.1, 0.15) is 52.7 Å². The quantitative estimate of drug-likeness (QED) is 0.325. The van der Waals surface area contributed by atoms with Crippen molar-refractivity contribution in [1.29, 1.82) is 0 Å². The van der Waals surface area contributed by atoms with E-state index < -0.39 is 12.2 Å². The molecule has 2 aliphatic heterocycles. The number of imidazole rings is 1. The zero-order valence-electron chi connectivity index (χ0n) is 22.3. The Morgan fingerprint density at radius 3 is 2.80 bits per heavy atom. The Balaban J connectivity index is 1.39. The minimum Gasteiger partial charge on any atom is -0.508 e. The number of phenols is 2. The van der Waals surface area contributed by atoms with Gasteiger partial charge in [0.05, 0.1) is 26.1 Å². The van der Waals surface area contributed by atoms with Crippen molar-refractivity contribution in [2.24, 2.45) is 0 Å². The van der Waals surface area contributed by atoms with Crippen LogP contribution in [0.5, 0.6) is 28.7 Å². The molecular formula is C32H32N2O6. The monoisotopic (exact) mass is 540 g/mol. The zero-order chi connectivity index (χ0) is 27.4. The molecule has 0 radical (unpaired) electrons. The van der Waals surface area contributed by atoms with E-state index in [-0.39, 0.29) is 17.4 Å². The van der Waals surface area contributed by atoms with E-state index in [0.29, 0.717) is 18.8 Å². The van der Waals surface area contributed by atoms with Crippen LogP contribution in [0, 0.1) is 0 Å². The van der Waals surface area contributed by atoms with Crippen LogP contribution in [0.4, 0.5) is 0 Å². The summed E-state index contributed by atoms with van der Waals surface area (Å²) in [5.41, 5.74) is 7.26. The minimum atomic E-state index is -0.788. The molecule has 3 aliphatic rings. The van der Waals surface area contributed by atoms with Gasteiger partial charge in [-0.05, 0) is 78.1 Å². The molecule has 40 heavy (non-hydrogen) atoms. The Labute approximate surface area is 232 Å². The van der Waals surface area contributed by atoms with Crippen molar-refractivity contribution >= 4 is 0 Å². The van der Waals surface area contributed by atoms with Gasteiger partial charge in [0.2, 0.25) is 0 Å². The molecule has 206 valence electrons. The summed E-state index contributed by atoms with van der Waals surface area (Å²) in [6.45, 7) is 1.43. The van der Waals surface area contributed by atoms with Crippen molar-refractivity contribution in [2.75, 3.05) is 13.7 Å². The molecule has 3 aromatic carbocycles. The molecule has 0 amide bonds. The molecule has 1 aromatic heterocycles. The van der Waals surface area contributed by atoms with E-state index in [1.165, 1.54) is 12.7 Å². The number of phenolic OH excluding ortho intramolecular Hbond substituents is 2. The average Bonchev–Trinajstić information content (AvgIpc) is 3.49. The molecule has 0 fully saturated rings. The largest absolute Gasteiger partial charge is 0.508 e. The topological polar surface area (TPSA) is 106 Å². The van der Waals surface area contributed by atoms with Crippen LogP contribution >= 0.6 is 0 Å². The van der Waals surface area contributed by atoms with Crippen molar-refractivity contribution in [3.05, 3.63) is 82.9 Å². The summed E-state index contributed by atoms with van der Waals surface area (Å²) in [5.74, 6) is 2.45. The molecule has 3 N–H and O–H groups in total. The Bertz CT molecular complexity index is 1580. The van der Waals surface area contributed by atoms with E-state index in [0.717, 1.165) is 77.1 Å². The number of fused-ring (bicyclic) bond motifs is 8. The molecule has 4 aromatic rings. The molecule has 0 spiro atoms. The van der Waals surface area contributed by atoms with E-state index in [1.807, 2.05) is 24.7 Å². The molecule has 7 rings (SSSR count). The number of aryl methyl sites for hydroxylation is 1. The molecule has 0 unspecified atom stereocenters. The predicted molar refractivity (Wildman–Crippen MR) is 148 cm³/mol. The van der Waals surface area contributed by atoms with Gasteiger partial charge in [-0.15, -0.1) is 0 Å². The maximum atomic E-state index is 11.5. The number of aromatic hydroxyl groups is 2. The predicted octanol–water partition coefficient (Wildman–Crippen LogP) is 5.06. The van der Waals surface area contributed by atoms with Crippen molar-refractivity contribution < 1.29 is 29.5 Å². The van der Waals surface area contributed by atoms with Crippen molar-refractivity contribution in [3.63, 3.8) is 0 Å². The highest BCUT2D eigenvalue weighted by atomic mass is 16.5. The molecule has 3 atom stereocenters. The van der Waals surface area contributed by atoms with Gasteiger partial charge in [0.25, 0.3) is 0 Å². The number of nitrogens with zero attached hydrogens (tertiary/aromatic N) is 2. The molecule has 0 saturated heterocycles. The van der Waals surface area contributed by atoms with Gasteiger partial charge in [-0.2, -0.15) is 0 Å². The standard InChI is InChI=1S/C32H32N2O6/c1-38-27-15-19(4-7-25(27)36)30-26(37)16-24-28-18(8-10-34-11-9-33-17-34)13-20-14-21(35)5-6-22(20)29(28)32-23(31(24)40-30)3-2-12-39-32/h4-7,9,11,14-15,17-18,26,30,35-37H,2-3,8,10,12-13,16H2,1H3/t18-,26-,30-/m1/s1. The summed E-state index contributed by atoms with van der Waals surface area (Å²) < 4.78 is 20.5. The number of aromatic nitrogens is 2. The van der Waals surface area contributed by atoms with E-state index in [4.69, 9.17) is 14.2 Å². The number of aliphatic hydroxyl groups excluding tert-OH is 1. The summed E-state index contributed by atoms with van der Waals surface area (Å²) in [7, 11) is 1.51. The Hall–Kier alpha value is -4.17. The first kappa shape index (κ1) is 24.8. The Morgan fingerprint density at radius 1 is 1.07 bits per heavy atom. The molecular weight excluding hydrogens is 508 g/mol. The summed E-state index contributed by atoms with van der Waals surface area (Å²) in [4.78, 5) is 4.20. The van der Waals surface area contributed by atoms with Crippen molar-refractivity contribution in [1.82, 2.24) is 9.55 Å². The van der Waals surface area contributed by atoms with Crippen LogP contribution in [-0.4, -0.2) is 44.7 Å². The number of methoxy groups -OCH3 is 1. The fourth-order valence-electron chi connectivity index (χ4n) is 6.72. The molecule has 8 nitrogen and oxygen atoms in total. The maximum Gasteiger partial charge on any atom is 0.160 e. The summed E-state index contributed by atoms with van der Waals surface area (Å²) in [6, 6.07) is 10.7. The lowest BCUT2D eigenvalue weighted by molar-refractivity contribution is 0.0189. The highest BCUT2D eigenvalue weighted by molar-refractivity contribution is 5.85. The fraction of sp³-hybridized carbons (Fsp3) is 0.344. The van der Waals surface area contributed by atoms with Gasteiger partial charge in [0.15, 0.2) is 11.5 Å². The smallest absolute Gasteiger partial charge is 0.160 e. The van der Waals surface area contributed by atoms with Gasteiger partial charge in [-0.3, -0.25) is 0 Å². The van der Waals surface area contributed by atoms with Crippen molar-refractivity contribution in [2.45, 2.75) is 56.8 Å². The summed E-state index contributed by atoms with van der Waals surface area (Å²) >= 11 is 0. The molecule has 0 bridgehead atoms. The number of hydrogen-bond acceptors (Lipinski definition) is 7. The Kier molecular flexibility index (Phi) is 6.08. The number of ether oxygens (including phenoxy) is 3. The molecule has 1 aliphatic carbocycles. The lowest BCUT2D eigenvalue weighted by atomic mass is 9.71. The lowest BCUT2D eigenvalue weighted by Gasteiger charge is -2.40. The third-order valence-electron chi connectivity index (χ3n) is 8.53. The number of aliphatic hydroxyl groups is 1. The van der Waals surface area contributed by atoms with Gasteiger partial charge < -0.3 is 34.1 Å². The molecule has 3 heterocycles. The van der Waals surface area contributed by atoms with E-state index >= 15 is 0 Å². The lowest BCUT2D eigenvalue weighted by Crippen LogP contribution is -2.33. The number of benzene rings is 3. The van der Waals surface area contributed by atoms with E-state index in [2.05, 4.69) is 9.55 Å². The van der Waals surface area contributed by atoms with Crippen LogP contribution in [0.15, 0.2) is 55.1 Å². The zero-order valence-corrected chi connectivity index (χ0v) is 22.3. The molecule has 8 heteroatoms. The molecule has 0 saturated carbocycles. The summed E-state index contributed by atoms with van der Waals surface area (Å²) in [6.07, 6.45) is 7.96. The van der Waals surface area contributed by atoms with E-state index in [9.17, 15) is 15.3 Å². The Morgan fingerprint density at radius 2 is 1.98 bits per heavy atom. The maximum absolute atomic E-state index is 11.5. The van der Waals surface area contributed by atoms with Gasteiger partial charge in [-0.25, -0.2) is 4.98 Å². The number of hydrogen-bond donors (Lipinski definition) is 3. The van der Waals surface area contributed by atoms with Crippen LogP contribution in [-0.2, 0) is 25.8 Å². The van der Waals surface area contributed by atoms with Gasteiger partial charge in [0, 0.05) is 42.0 Å². The van der Waals surface area contributed by atoms with Crippen LogP contribution < -0.4 is 14.2 Å². The SMILES string of the molecule is COc1cc([C@H]2Oc3c4c(c5c(c3C[C@H]2O)[C@H](CCn2ccnc2)Cc2cc(O)ccc2-5)OCCC4)ccc1O. The highest BCUT2D eigenvalue weighted by Gasteiger charge is 2.41. The van der Waals surface area contributed by atoms with Crippen LogP contribution in [0.2, 0.25) is 0 Å². The first-order valence-electron chi connectivity index (χ1n) is 13.9. The van der Waals surface area contributed by atoms with Gasteiger partial charge in [0.1, 0.15) is 23.4 Å². The average molecular weight is 541 g/mol. The normalized spacial score (nSPS) is 20.8. The van der Waals surface area contributed by atoms with Crippen LogP contribution in [0.25, 0.3) is 11.1 Å². The minimum absolute atomic E-state index is 0.0437. The third kappa shape index (κ3) is 4.05. The van der Waals surface area contributed by atoms with E-state index in [1.54, 1.807) is 30.5 Å². The second-order valence-electron chi connectivity index (χ2n) is 10.9. The highest BCUT2D eigenvalue weighted by Crippen LogP contribution is 2.56. The first-order chi connectivity index (χ1) is 19.5.